The maximum atomic E-state index is 9.73. The Balaban J connectivity index is 2.39. The van der Waals surface area contributed by atoms with Crippen LogP contribution < -0.4 is 5.32 Å². The number of hydrogen-bond acceptors (Lipinski definition) is 2. The molecule has 0 bridgehead atoms. The van der Waals surface area contributed by atoms with Crippen molar-refractivity contribution in [1.29, 1.82) is 0 Å². The molecule has 1 rings (SSSR count). The first-order valence-electron chi connectivity index (χ1n) is 5.11. The molecule has 0 amide bonds. The Kier molecular flexibility index (Phi) is 3.51. The van der Waals surface area contributed by atoms with Gasteiger partial charge in [0.05, 0.1) is 6.10 Å². The number of aliphatic hydroxyl groups excluding tert-OH is 1. The topological polar surface area (TPSA) is 32.3 Å². The van der Waals surface area contributed by atoms with Crippen LogP contribution in [0.4, 0.5) is 0 Å². The number of rotatable bonds is 3. The molecular formula is C11H21NO. The second-order valence-electron chi connectivity index (χ2n) is 4.47. The highest BCUT2D eigenvalue weighted by molar-refractivity contribution is 5.00. The Hall–Kier alpha value is -0.340. The summed E-state index contributed by atoms with van der Waals surface area (Å²) in [6, 6.07) is 0. The van der Waals surface area contributed by atoms with Crippen molar-refractivity contribution in [3.63, 3.8) is 0 Å². The first-order valence-corrected chi connectivity index (χ1v) is 5.11. The van der Waals surface area contributed by atoms with Gasteiger partial charge in [-0.05, 0) is 46.6 Å². The highest BCUT2D eigenvalue weighted by Gasteiger charge is 2.36. The third-order valence-electron chi connectivity index (χ3n) is 2.90. The molecule has 0 aliphatic carbocycles. The summed E-state index contributed by atoms with van der Waals surface area (Å²) in [6.45, 7) is 7.29. The highest BCUT2D eigenvalue weighted by Crippen LogP contribution is 2.24. The molecule has 0 radical (unpaired) electrons. The van der Waals surface area contributed by atoms with E-state index < -0.39 is 0 Å². The van der Waals surface area contributed by atoms with E-state index in [0.717, 1.165) is 25.8 Å². The van der Waals surface area contributed by atoms with Gasteiger partial charge in [0.15, 0.2) is 0 Å². The van der Waals surface area contributed by atoms with E-state index in [2.05, 4.69) is 32.2 Å². The molecule has 76 valence electrons. The van der Waals surface area contributed by atoms with Crippen LogP contribution >= 0.6 is 0 Å². The van der Waals surface area contributed by atoms with Crippen molar-refractivity contribution in [2.45, 2.75) is 51.7 Å². The second-order valence-corrected chi connectivity index (χ2v) is 4.47. The zero-order chi connectivity index (χ0) is 9.90. The summed E-state index contributed by atoms with van der Waals surface area (Å²) in [7, 11) is 0. The van der Waals surface area contributed by atoms with Crippen molar-refractivity contribution in [2.75, 3.05) is 6.54 Å². The van der Waals surface area contributed by atoms with Gasteiger partial charge in [-0.15, -0.1) is 0 Å². The van der Waals surface area contributed by atoms with Crippen LogP contribution in [0.15, 0.2) is 11.6 Å². The van der Waals surface area contributed by atoms with E-state index >= 15 is 0 Å². The fourth-order valence-electron chi connectivity index (χ4n) is 1.85. The molecule has 0 spiro atoms. The van der Waals surface area contributed by atoms with Gasteiger partial charge < -0.3 is 10.4 Å². The Morgan fingerprint density at radius 1 is 1.62 bits per heavy atom. The first kappa shape index (κ1) is 10.7. The maximum Gasteiger partial charge on any atom is 0.0731 e. The number of hydrogen-bond donors (Lipinski definition) is 2. The van der Waals surface area contributed by atoms with Crippen molar-refractivity contribution < 1.29 is 5.11 Å². The smallest absolute Gasteiger partial charge is 0.0731 e. The zero-order valence-corrected chi connectivity index (χ0v) is 8.93. The number of allylic oxidation sites excluding steroid dienone is 2. The van der Waals surface area contributed by atoms with Crippen LogP contribution in [0, 0.1) is 0 Å². The van der Waals surface area contributed by atoms with Crippen LogP contribution in [0.1, 0.15) is 40.0 Å². The molecule has 1 heterocycles. The lowest BCUT2D eigenvalue weighted by Gasteiger charge is -2.27. The van der Waals surface area contributed by atoms with E-state index in [4.69, 9.17) is 0 Å². The lowest BCUT2D eigenvalue weighted by Crippen LogP contribution is -2.44. The Morgan fingerprint density at radius 2 is 2.31 bits per heavy atom. The Bertz CT molecular complexity index is 196. The van der Waals surface area contributed by atoms with Gasteiger partial charge in [0.25, 0.3) is 0 Å². The fourth-order valence-corrected chi connectivity index (χ4v) is 1.85. The highest BCUT2D eigenvalue weighted by atomic mass is 16.3. The minimum absolute atomic E-state index is 0.0497. The van der Waals surface area contributed by atoms with Crippen molar-refractivity contribution in [3.05, 3.63) is 11.6 Å². The van der Waals surface area contributed by atoms with E-state index in [1.807, 2.05) is 0 Å². The zero-order valence-electron chi connectivity index (χ0n) is 8.93. The van der Waals surface area contributed by atoms with Crippen LogP contribution in [-0.4, -0.2) is 23.3 Å². The van der Waals surface area contributed by atoms with Gasteiger partial charge in [0.2, 0.25) is 0 Å². The third kappa shape index (κ3) is 2.82. The average molecular weight is 183 g/mol. The molecule has 2 heteroatoms. The molecule has 2 nitrogen and oxygen atoms in total. The van der Waals surface area contributed by atoms with Gasteiger partial charge in [0, 0.05) is 5.54 Å². The average Bonchev–Trinajstić information content (AvgIpc) is 2.32. The summed E-state index contributed by atoms with van der Waals surface area (Å²) in [6.07, 6.45) is 5.05. The maximum absolute atomic E-state index is 9.73. The largest absolute Gasteiger partial charge is 0.391 e. The molecule has 2 atom stereocenters. The molecular weight excluding hydrogens is 162 g/mol. The van der Waals surface area contributed by atoms with E-state index in [9.17, 15) is 5.11 Å². The second kappa shape index (κ2) is 4.25. The first-order chi connectivity index (χ1) is 6.04. The molecule has 1 aliphatic rings. The number of nitrogens with one attached hydrogen (secondary N) is 1. The molecule has 1 aliphatic heterocycles. The standard InChI is InChI=1S/C11H21NO/c1-9(2)5-4-7-11(3)10(13)6-8-12-11/h5,10,12-13H,4,6-8H2,1-3H3/t10-,11+/m1/s1. The van der Waals surface area contributed by atoms with E-state index in [0.29, 0.717) is 0 Å². The minimum atomic E-state index is -0.168. The van der Waals surface area contributed by atoms with Gasteiger partial charge in [-0.25, -0.2) is 0 Å². The predicted octanol–water partition coefficient (Wildman–Crippen LogP) is 1.85. The molecule has 0 aromatic heterocycles. The van der Waals surface area contributed by atoms with Crippen molar-refractivity contribution >= 4 is 0 Å². The SMILES string of the molecule is CC(C)=CCC[C@]1(C)NCC[C@H]1O. The molecule has 1 saturated heterocycles. The lowest BCUT2D eigenvalue weighted by atomic mass is 9.91. The summed E-state index contributed by atoms with van der Waals surface area (Å²) in [5.74, 6) is 0. The van der Waals surface area contributed by atoms with Gasteiger partial charge in [-0.3, -0.25) is 0 Å². The summed E-state index contributed by atoms with van der Waals surface area (Å²) < 4.78 is 0. The molecule has 13 heavy (non-hydrogen) atoms. The normalized spacial score (nSPS) is 33.4. The van der Waals surface area contributed by atoms with Crippen molar-refractivity contribution in [1.82, 2.24) is 5.32 Å². The van der Waals surface area contributed by atoms with Gasteiger partial charge in [-0.1, -0.05) is 11.6 Å². The van der Waals surface area contributed by atoms with E-state index in [-0.39, 0.29) is 11.6 Å². The van der Waals surface area contributed by atoms with Gasteiger partial charge in [-0.2, -0.15) is 0 Å². The van der Waals surface area contributed by atoms with Gasteiger partial charge >= 0.3 is 0 Å². The predicted molar refractivity (Wildman–Crippen MR) is 55.7 cm³/mol. The lowest BCUT2D eigenvalue weighted by molar-refractivity contribution is 0.103. The summed E-state index contributed by atoms with van der Waals surface area (Å²) in [5.41, 5.74) is 1.31. The summed E-state index contributed by atoms with van der Waals surface area (Å²) >= 11 is 0. The molecule has 1 fully saturated rings. The molecule has 0 aromatic rings. The Morgan fingerprint density at radius 3 is 2.77 bits per heavy atom. The van der Waals surface area contributed by atoms with Crippen LogP contribution in [0.5, 0.6) is 0 Å². The third-order valence-corrected chi connectivity index (χ3v) is 2.90. The molecule has 0 aromatic carbocycles. The Labute approximate surface area is 81.0 Å². The van der Waals surface area contributed by atoms with Crippen LogP contribution in [0.25, 0.3) is 0 Å². The number of aliphatic hydroxyl groups is 1. The van der Waals surface area contributed by atoms with Crippen molar-refractivity contribution in [2.24, 2.45) is 0 Å². The van der Waals surface area contributed by atoms with Crippen LogP contribution in [-0.2, 0) is 0 Å². The van der Waals surface area contributed by atoms with Crippen molar-refractivity contribution in [3.8, 4) is 0 Å². The summed E-state index contributed by atoms with van der Waals surface area (Å²) in [5, 5.41) is 13.1. The van der Waals surface area contributed by atoms with E-state index in [1.165, 1.54) is 5.57 Å². The van der Waals surface area contributed by atoms with Gasteiger partial charge in [0.1, 0.15) is 0 Å². The molecule has 0 unspecified atom stereocenters. The summed E-state index contributed by atoms with van der Waals surface area (Å²) in [4.78, 5) is 0. The molecule has 2 N–H and O–H groups in total. The van der Waals surface area contributed by atoms with Crippen LogP contribution in [0.2, 0.25) is 0 Å². The monoisotopic (exact) mass is 183 g/mol. The van der Waals surface area contributed by atoms with E-state index in [1.54, 1.807) is 0 Å². The molecule has 0 saturated carbocycles. The fraction of sp³-hybridized carbons (Fsp3) is 0.818. The minimum Gasteiger partial charge on any atom is -0.391 e. The quantitative estimate of drug-likeness (QED) is 0.654. The van der Waals surface area contributed by atoms with Crippen LogP contribution in [0.3, 0.4) is 0 Å².